The minimum absolute atomic E-state index is 0.0704. The van der Waals surface area contributed by atoms with Gasteiger partial charge in [-0.1, -0.05) is 19.0 Å². The van der Waals surface area contributed by atoms with E-state index >= 15 is 0 Å². The number of aromatic nitrogens is 2. The van der Waals surface area contributed by atoms with Gasteiger partial charge in [-0.15, -0.1) is 0 Å². The number of ether oxygens (including phenoxy) is 3. The Morgan fingerprint density at radius 1 is 1.15 bits per heavy atom. The van der Waals surface area contributed by atoms with Crippen molar-refractivity contribution in [1.82, 2.24) is 15.0 Å². The van der Waals surface area contributed by atoms with Crippen LogP contribution >= 0.6 is 0 Å². The van der Waals surface area contributed by atoms with E-state index in [1.54, 1.807) is 17.0 Å². The Kier molecular flexibility index (Phi) is 5.01. The lowest BCUT2D eigenvalue weighted by Gasteiger charge is -2.37. The van der Waals surface area contributed by atoms with Crippen LogP contribution in [0, 0.1) is 0 Å². The Hall–Kier alpha value is -2.77. The zero-order valence-corrected chi connectivity index (χ0v) is 15.6. The fraction of sp³-hybridized carbons (Fsp3) is 0.500. The van der Waals surface area contributed by atoms with E-state index in [0.29, 0.717) is 47.6 Å². The first-order valence-corrected chi connectivity index (χ1v) is 8.41. The lowest BCUT2D eigenvalue weighted by molar-refractivity contribution is 0.0568. The van der Waals surface area contributed by atoms with Crippen molar-refractivity contribution < 1.29 is 23.5 Å². The molecular weight excluding hydrogens is 338 g/mol. The van der Waals surface area contributed by atoms with Crippen LogP contribution in [0.4, 0.5) is 0 Å². The minimum atomic E-state index is -0.107. The van der Waals surface area contributed by atoms with E-state index in [1.807, 2.05) is 13.8 Å². The van der Waals surface area contributed by atoms with Gasteiger partial charge in [0.1, 0.15) is 0 Å². The molecule has 1 aliphatic heterocycles. The molecule has 0 aliphatic carbocycles. The highest BCUT2D eigenvalue weighted by atomic mass is 16.5. The highest BCUT2D eigenvalue weighted by Crippen LogP contribution is 2.39. The van der Waals surface area contributed by atoms with Crippen molar-refractivity contribution in [2.45, 2.75) is 25.7 Å². The van der Waals surface area contributed by atoms with Crippen molar-refractivity contribution in [3.63, 3.8) is 0 Å². The van der Waals surface area contributed by atoms with E-state index in [0.717, 1.165) is 0 Å². The van der Waals surface area contributed by atoms with Crippen molar-refractivity contribution in [2.75, 3.05) is 34.4 Å². The summed E-state index contributed by atoms with van der Waals surface area (Å²) in [6.45, 7) is 5.09. The van der Waals surface area contributed by atoms with Crippen LogP contribution in [-0.4, -0.2) is 55.4 Å². The molecular formula is C18H23N3O5. The van der Waals surface area contributed by atoms with Gasteiger partial charge in [0, 0.05) is 24.6 Å². The van der Waals surface area contributed by atoms with Crippen LogP contribution in [0.3, 0.4) is 0 Å². The third kappa shape index (κ3) is 3.18. The van der Waals surface area contributed by atoms with Gasteiger partial charge < -0.3 is 23.6 Å². The van der Waals surface area contributed by atoms with Crippen LogP contribution in [0.1, 0.15) is 47.8 Å². The average molecular weight is 361 g/mol. The van der Waals surface area contributed by atoms with Gasteiger partial charge in [0.15, 0.2) is 17.3 Å². The maximum atomic E-state index is 12.8. The lowest BCUT2D eigenvalue weighted by Crippen LogP contribution is -2.48. The molecule has 2 aromatic rings. The first-order valence-electron chi connectivity index (χ1n) is 8.41. The summed E-state index contributed by atoms with van der Waals surface area (Å²) in [7, 11) is 4.57. The van der Waals surface area contributed by atoms with Crippen LogP contribution < -0.4 is 14.2 Å². The number of rotatable bonds is 6. The zero-order chi connectivity index (χ0) is 18.8. The Balaban J connectivity index is 1.73. The van der Waals surface area contributed by atoms with Crippen molar-refractivity contribution >= 4 is 5.91 Å². The van der Waals surface area contributed by atoms with Crippen molar-refractivity contribution in [1.29, 1.82) is 0 Å². The van der Waals surface area contributed by atoms with Crippen LogP contribution in [0.2, 0.25) is 0 Å². The Morgan fingerprint density at radius 3 is 2.23 bits per heavy atom. The molecule has 1 saturated heterocycles. The van der Waals surface area contributed by atoms with Crippen LogP contribution in [-0.2, 0) is 0 Å². The molecule has 0 unspecified atom stereocenters. The normalized spacial score (nSPS) is 14.3. The summed E-state index contributed by atoms with van der Waals surface area (Å²) in [5.74, 6) is 2.81. The minimum Gasteiger partial charge on any atom is -0.493 e. The quantitative estimate of drug-likeness (QED) is 0.781. The molecule has 2 heterocycles. The number of hydrogen-bond acceptors (Lipinski definition) is 7. The number of amides is 1. The van der Waals surface area contributed by atoms with Crippen LogP contribution in [0.25, 0.3) is 0 Å². The van der Waals surface area contributed by atoms with Crippen LogP contribution in [0.15, 0.2) is 16.7 Å². The van der Waals surface area contributed by atoms with E-state index in [2.05, 4.69) is 10.1 Å². The highest BCUT2D eigenvalue weighted by Gasteiger charge is 2.36. The second-order valence-corrected chi connectivity index (χ2v) is 6.47. The predicted octanol–water partition coefficient (Wildman–Crippen LogP) is 2.46. The molecule has 8 heteroatoms. The fourth-order valence-electron chi connectivity index (χ4n) is 2.84. The fourth-order valence-corrected chi connectivity index (χ4v) is 2.84. The molecule has 0 bridgehead atoms. The first-order chi connectivity index (χ1) is 12.5. The molecule has 0 saturated carbocycles. The molecule has 1 aromatic carbocycles. The van der Waals surface area contributed by atoms with Gasteiger partial charge in [-0.05, 0) is 12.1 Å². The number of likely N-dealkylation sites (tertiary alicyclic amines) is 1. The van der Waals surface area contributed by atoms with Crippen LogP contribution in [0.5, 0.6) is 17.2 Å². The van der Waals surface area contributed by atoms with Gasteiger partial charge in [-0.25, -0.2) is 0 Å². The third-order valence-corrected chi connectivity index (χ3v) is 4.40. The number of benzene rings is 1. The summed E-state index contributed by atoms with van der Waals surface area (Å²) in [6.07, 6.45) is 0. The lowest BCUT2D eigenvalue weighted by atomic mass is 9.98. The molecule has 0 atom stereocenters. The van der Waals surface area contributed by atoms with Crippen molar-refractivity contribution in [3.05, 3.63) is 29.4 Å². The summed E-state index contributed by atoms with van der Waals surface area (Å²) in [4.78, 5) is 18.9. The molecule has 0 radical (unpaired) electrons. The zero-order valence-electron chi connectivity index (χ0n) is 15.6. The summed E-state index contributed by atoms with van der Waals surface area (Å²) in [5.41, 5.74) is 0.478. The second kappa shape index (κ2) is 7.23. The smallest absolute Gasteiger partial charge is 0.254 e. The van der Waals surface area contributed by atoms with E-state index < -0.39 is 0 Å². The average Bonchev–Trinajstić information content (AvgIpc) is 3.08. The van der Waals surface area contributed by atoms with E-state index in [9.17, 15) is 4.79 Å². The number of hydrogen-bond donors (Lipinski definition) is 0. The summed E-state index contributed by atoms with van der Waals surface area (Å²) in [6, 6.07) is 3.31. The standard InChI is InChI=1S/C18H23N3O5/c1-10(2)16-19-17(26-20-16)12-8-21(9-12)18(22)11-6-13(23-3)15(25-5)14(7-11)24-4/h6-7,10,12H,8-9H2,1-5H3. The molecule has 8 nitrogen and oxygen atoms in total. The molecule has 1 aliphatic rings. The number of carbonyl (C=O) groups excluding carboxylic acids is 1. The monoisotopic (exact) mass is 361 g/mol. The molecule has 1 amide bonds. The molecule has 1 aromatic heterocycles. The van der Waals surface area contributed by atoms with Gasteiger partial charge in [0.25, 0.3) is 5.91 Å². The highest BCUT2D eigenvalue weighted by molar-refractivity contribution is 5.96. The van der Waals surface area contributed by atoms with Gasteiger partial charge in [0.2, 0.25) is 11.6 Å². The maximum absolute atomic E-state index is 12.8. The van der Waals surface area contributed by atoms with E-state index in [-0.39, 0.29) is 17.7 Å². The van der Waals surface area contributed by atoms with Crippen molar-refractivity contribution in [2.24, 2.45) is 0 Å². The van der Waals surface area contributed by atoms with Gasteiger partial charge >= 0.3 is 0 Å². The molecule has 0 spiro atoms. The third-order valence-electron chi connectivity index (χ3n) is 4.40. The number of methoxy groups -OCH3 is 3. The molecule has 26 heavy (non-hydrogen) atoms. The Morgan fingerprint density at radius 2 is 1.77 bits per heavy atom. The summed E-state index contributed by atoms with van der Waals surface area (Å²) >= 11 is 0. The number of carbonyl (C=O) groups is 1. The maximum Gasteiger partial charge on any atom is 0.254 e. The predicted molar refractivity (Wildman–Crippen MR) is 93.1 cm³/mol. The Labute approximate surface area is 152 Å². The van der Waals surface area contributed by atoms with Crippen molar-refractivity contribution in [3.8, 4) is 17.2 Å². The first kappa shape index (κ1) is 18.0. The summed E-state index contributed by atoms with van der Waals surface area (Å²) < 4.78 is 21.2. The Bertz CT molecular complexity index is 771. The second-order valence-electron chi connectivity index (χ2n) is 6.47. The molecule has 140 valence electrons. The summed E-state index contributed by atoms with van der Waals surface area (Å²) in [5, 5.41) is 3.97. The molecule has 1 fully saturated rings. The molecule has 0 N–H and O–H groups in total. The van der Waals surface area contributed by atoms with E-state index in [1.165, 1.54) is 21.3 Å². The van der Waals surface area contributed by atoms with Gasteiger partial charge in [-0.3, -0.25) is 4.79 Å². The number of nitrogens with zero attached hydrogens (tertiary/aromatic N) is 3. The molecule has 3 rings (SSSR count). The largest absolute Gasteiger partial charge is 0.493 e. The van der Waals surface area contributed by atoms with E-state index in [4.69, 9.17) is 18.7 Å². The SMILES string of the molecule is COc1cc(C(=O)N2CC(c3nc(C(C)C)no3)C2)cc(OC)c1OC. The van der Waals surface area contributed by atoms with Gasteiger partial charge in [-0.2, -0.15) is 4.98 Å². The van der Waals surface area contributed by atoms with Gasteiger partial charge in [0.05, 0.1) is 27.2 Å². The topological polar surface area (TPSA) is 86.9 Å².